The number of halogens is 2. The Morgan fingerprint density at radius 1 is 1.20 bits per heavy atom. The van der Waals surface area contributed by atoms with Crippen LogP contribution < -0.4 is 15.1 Å². The molecule has 0 aromatic carbocycles. The van der Waals surface area contributed by atoms with Crippen LogP contribution in [0.2, 0.25) is 5.02 Å². The lowest BCUT2D eigenvalue weighted by Gasteiger charge is -2.35. The fourth-order valence-electron chi connectivity index (χ4n) is 2.85. The molecule has 0 bridgehead atoms. The lowest BCUT2D eigenvalue weighted by Crippen LogP contribution is -2.44. The molecule has 2 amide bonds. The Labute approximate surface area is 188 Å². The van der Waals surface area contributed by atoms with Crippen molar-refractivity contribution in [1.29, 1.82) is 0 Å². The van der Waals surface area contributed by atoms with Gasteiger partial charge in [-0.05, 0) is 22.0 Å². The van der Waals surface area contributed by atoms with Crippen LogP contribution in [0.5, 0.6) is 0 Å². The summed E-state index contributed by atoms with van der Waals surface area (Å²) < 4.78 is 0.834. The van der Waals surface area contributed by atoms with Crippen LogP contribution in [0.1, 0.15) is 20.3 Å². The highest BCUT2D eigenvalue weighted by atomic mass is 79.9. The summed E-state index contributed by atoms with van der Waals surface area (Å²) in [6.07, 6.45) is 9.21. The highest BCUT2D eigenvalue weighted by molar-refractivity contribution is 9.10. The van der Waals surface area contributed by atoms with E-state index in [1.165, 1.54) is 29.8 Å². The monoisotopic (exact) mass is 492 g/mol. The van der Waals surface area contributed by atoms with Crippen LogP contribution >= 0.6 is 27.5 Å². The Morgan fingerprint density at radius 2 is 1.90 bits per heavy atom. The lowest BCUT2D eigenvalue weighted by atomic mass is 10.2. The van der Waals surface area contributed by atoms with Crippen molar-refractivity contribution in [2.45, 2.75) is 20.3 Å². The fraction of sp³-hybridized carbons (Fsp3) is 0.316. The van der Waals surface area contributed by atoms with Crippen molar-refractivity contribution in [2.24, 2.45) is 0 Å². The largest absolute Gasteiger partial charge is 0.370 e. The zero-order valence-corrected chi connectivity index (χ0v) is 19.2. The topological polar surface area (TPSA) is 92.1 Å². The van der Waals surface area contributed by atoms with Gasteiger partial charge in [0.05, 0.1) is 51.3 Å². The zero-order chi connectivity index (χ0) is 21.7. The third-order valence-corrected chi connectivity index (χ3v) is 4.97. The molecule has 0 aliphatic carbocycles. The van der Waals surface area contributed by atoms with E-state index in [4.69, 9.17) is 11.6 Å². The molecule has 158 valence electrons. The molecule has 3 aromatic rings. The number of carbonyl (C=O) groups excluding carboxylic acids is 1. The number of nitrogens with zero attached hydrogens (tertiary/aromatic N) is 7. The van der Waals surface area contributed by atoms with E-state index in [2.05, 4.69) is 60.2 Å². The molecular formula is C19H22BrClN8O. The summed E-state index contributed by atoms with van der Waals surface area (Å²) in [6, 6.07) is 1.33. The third kappa shape index (κ3) is 4.71. The van der Waals surface area contributed by atoms with Crippen molar-refractivity contribution < 1.29 is 4.79 Å². The summed E-state index contributed by atoms with van der Waals surface area (Å²) in [4.78, 5) is 26.3. The molecule has 0 unspecified atom stereocenters. The van der Waals surface area contributed by atoms with Gasteiger partial charge in [-0.25, -0.2) is 9.78 Å². The molecule has 4 rings (SSSR count). The van der Waals surface area contributed by atoms with Crippen LogP contribution in [0, 0.1) is 0 Å². The van der Waals surface area contributed by atoms with E-state index in [0.717, 1.165) is 15.8 Å². The van der Waals surface area contributed by atoms with Crippen molar-refractivity contribution in [3.05, 3.63) is 46.5 Å². The SMILES string of the molecule is CCC.CN1CCN(C(=O)Nc2cnc(-n3nccn3)c(Cl)c2)c2cncc(Br)c21. The summed E-state index contributed by atoms with van der Waals surface area (Å²) in [7, 11) is 1.98. The van der Waals surface area contributed by atoms with Gasteiger partial charge in [0.2, 0.25) is 0 Å². The van der Waals surface area contributed by atoms with E-state index in [1.54, 1.807) is 23.4 Å². The number of likely N-dealkylation sites (N-methyl/N-ethyl adjacent to an activating group) is 1. The molecule has 0 radical (unpaired) electrons. The molecule has 11 heteroatoms. The lowest BCUT2D eigenvalue weighted by molar-refractivity contribution is 0.257. The number of pyridine rings is 2. The minimum absolute atomic E-state index is 0.285. The van der Waals surface area contributed by atoms with E-state index in [-0.39, 0.29) is 6.03 Å². The Bertz CT molecular complexity index is 1010. The summed E-state index contributed by atoms with van der Waals surface area (Å²) >= 11 is 9.76. The molecule has 1 aliphatic heterocycles. The Hall–Kier alpha value is -2.72. The van der Waals surface area contributed by atoms with Crippen LogP contribution in [-0.2, 0) is 0 Å². The molecule has 0 saturated carbocycles. The molecular weight excluding hydrogens is 472 g/mol. The maximum Gasteiger partial charge on any atom is 0.326 e. The first-order valence-corrected chi connectivity index (χ1v) is 10.6. The minimum atomic E-state index is -0.285. The van der Waals surface area contributed by atoms with Gasteiger partial charge in [-0.1, -0.05) is 31.9 Å². The second-order valence-corrected chi connectivity index (χ2v) is 7.81. The van der Waals surface area contributed by atoms with E-state index >= 15 is 0 Å². The van der Waals surface area contributed by atoms with Crippen LogP contribution in [0.3, 0.4) is 0 Å². The number of carbonyl (C=O) groups is 1. The number of hydrogen-bond acceptors (Lipinski definition) is 6. The quantitative estimate of drug-likeness (QED) is 0.570. The summed E-state index contributed by atoms with van der Waals surface area (Å²) in [5.74, 6) is 0.387. The second kappa shape index (κ2) is 9.86. The number of nitrogens with one attached hydrogen (secondary N) is 1. The molecule has 1 aliphatic rings. The number of aromatic nitrogens is 5. The molecule has 0 fully saturated rings. The minimum Gasteiger partial charge on any atom is -0.370 e. The predicted octanol–water partition coefficient (Wildman–Crippen LogP) is 4.38. The van der Waals surface area contributed by atoms with Crippen LogP contribution in [0.4, 0.5) is 21.9 Å². The van der Waals surface area contributed by atoms with Crippen LogP contribution in [0.15, 0.2) is 41.5 Å². The first-order chi connectivity index (χ1) is 14.5. The van der Waals surface area contributed by atoms with Gasteiger partial charge in [0.25, 0.3) is 0 Å². The van der Waals surface area contributed by atoms with Crippen molar-refractivity contribution in [1.82, 2.24) is 25.0 Å². The van der Waals surface area contributed by atoms with Crippen LogP contribution in [-0.4, -0.2) is 51.1 Å². The molecule has 0 atom stereocenters. The van der Waals surface area contributed by atoms with Crippen molar-refractivity contribution in [2.75, 3.05) is 35.3 Å². The highest BCUT2D eigenvalue weighted by Gasteiger charge is 2.27. The zero-order valence-electron chi connectivity index (χ0n) is 16.9. The number of hydrogen-bond donors (Lipinski definition) is 1. The number of anilines is 3. The van der Waals surface area contributed by atoms with Gasteiger partial charge >= 0.3 is 6.03 Å². The average molecular weight is 494 g/mol. The van der Waals surface area contributed by atoms with Gasteiger partial charge in [-0.3, -0.25) is 9.88 Å². The van der Waals surface area contributed by atoms with Crippen LogP contribution in [0.25, 0.3) is 5.82 Å². The molecule has 9 nitrogen and oxygen atoms in total. The standard InChI is InChI=1S/C16H14BrClN8O.C3H8/c1-24-4-5-25(13-9-19-8-11(17)14(13)24)16(27)23-10-6-12(18)15(20-7-10)26-21-2-3-22-26;1-3-2/h2-3,6-9H,4-5H2,1H3,(H,23,27);3H2,1-2H3. The molecule has 0 spiro atoms. The van der Waals surface area contributed by atoms with Gasteiger partial charge in [0, 0.05) is 26.3 Å². The maximum atomic E-state index is 12.8. The molecule has 3 aromatic heterocycles. The molecule has 0 saturated heterocycles. The van der Waals surface area contributed by atoms with Gasteiger partial charge in [-0.2, -0.15) is 10.2 Å². The smallest absolute Gasteiger partial charge is 0.326 e. The first-order valence-electron chi connectivity index (χ1n) is 9.41. The molecule has 30 heavy (non-hydrogen) atoms. The number of fused-ring (bicyclic) bond motifs is 1. The average Bonchev–Trinajstić information content (AvgIpc) is 3.23. The van der Waals surface area contributed by atoms with Gasteiger partial charge in [0.15, 0.2) is 5.82 Å². The summed E-state index contributed by atoms with van der Waals surface area (Å²) in [6.45, 7) is 5.48. The summed E-state index contributed by atoms with van der Waals surface area (Å²) in [5.41, 5.74) is 2.12. The first kappa shape index (κ1) is 22.0. The number of urea groups is 1. The molecule has 4 heterocycles. The Balaban J connectivity index is 0.000000806. The number of amides is 2. The fourth-order valence-corrected chi connectivity index (χ4v) is 3.71. The third-order valence-electron chi connectivity index (χ3n) is 4.11. The van der Waals surface area contributed by atoms with E-state index in [0.29, 0.717) is 29.6 Å². The van der Waals surface area contributed by atoms with E-state index in [9.17, 15) is 4.79 Å². The molecule has 1 N–H and O–H groups in total. The van der Waals surface area contributed by atoms with Crippen molar-refractivity contribution >= 4 is 50.6 Å². The van der Waals surface area contributed by atoms with E-state index in [1.807, 2.05) is 7.05 Å². The normalized spacial score (nSPS) is 12.7. The second-order valence-electron chi connectivity index (χ2n) is 6.55. The highest BCUT2D eigenvalue weighted by Crippen LogP contribution is 2.37. The Morgan fingerprint density at radius 3 is 2.57 bits per heavy atom. The maximum absolute atomic E-state index is 12.8. The van der Waals surface area contributed by atoms with Gasteiger partial charge < -0.3 is 10.2 Å². The predicted molar refractivity (Wildman–Crippen MR) is 122 cm³/mol. The van der Waals surface area contributed by atoms with Gasteiger partial charge in [0.1, 0.15) is 0 Å². The Kier molecular flexibility index (Phi) is 7.22. The van der Waals surface area contributed by atoms with Crippen molar-refractivity contribution in [3.8, 4) is 5.82 Å². The summed E-state index contributed by atoms with van der Waals surface area (Å²) in [5, 5.41) is 11.2. The van der Waals surface area contributed by atoms with E-state index < -0.39 is 0 Å². The van der Waals surface area contributed by atoms with Gasteiger partial charge in [-0.15, -0.1) is 4.80 Å². The van der Waals surface area contributed by atoms with Crippen molar-refractivity contribution in [3.63, 3.8) is 0 Å². The number of rotatable bonds is 2.